The lowest BCUT2D eigenvalue weighted by atomic mass is 10.1. The molecule has 31 heavy (non-hydrogen) atoms. The molecule has 1 aromatic carbocycles. The maximum absolute atomic E-state index is 13.0. The van der Waals surface area contributed by atoms with Gasteiger partial charge in [0.25, 0.3) is 5.91 Å². The molecule has 2 heterocycles. The van der Waals surface area contributed by atoms with Crippen LogP contribution >= 0.6 is 11.6 Å². The standard InChI is InChI=1S/C19H19ClF3N3O4S/c1-31(28,29)14-3-4-16(30-12-19(21,22)23)15(10-14)18(27)26-8-6-25(7-9-26)17-5-2-13(20)11-24-17/h2-5,10-11H,6-9,12H2,1H3. The molecule has 2 aromatic rings. The fourth-order valence-corrected chi connectivity index (χ4v) is 3.82. The van der Waals surface area contributed by atoms with Crippen LogP contribution < -0.4 is 9.64 Å². The number of alkyl halides is 3. The summed E-state index contributed by atoms with van der Waals surface area (Å²) in [6.07, 6.45) is -2.15. The number of piperazine rings is 1. The molecule has 3 rings (SSSR count). The summed E-state index contributed by atoms with van der Waals surface area (Å²) in [4.78, 5) is 20.5. The summed E-state index contributed by atoms with van der Waals surface area (Å²) in [5.74, 6) is -0.243. The van der Waals surface area contributed by atoms with E-state index in [0.717, 1.165) is 24.5 Å². The van der Waals surface area contributed by atoms with Gasteiger partial charge in [-0.1, -0.05) is 11.6 Å². The number of carbonyl (C=O) groups excluding carboxylic acids is 1. The molecule has 1 fully saturated rings. The molecule has 0 spiro atoms. The predicted octanol–water partition coefficient (Wildman–Crippen LogP) is 3.04. The highest BCUT2D eigenvalue weighted by molar-refractivity contribution is 7.90. The summed E-state index contributed by atoms with van der Waals surface area (Å²) >= 11 is 5.84. The third-order valence-electron chi connectivity index (χ3n) is 4.60. The van der Waals surface area contributed by atoms with Crippen molar-refractivity contribution in [2.24, 2.45) is 0 Å². The lowest BCUT2D eigenvalue weighted by Crippen LogP contribution is -2.49. The van der Waals surface area contributed by atoms with Gasteiger partial charge >= 0.3 is 6.18 Å². The maximum Gasteiger partial charge on any atom is 0.422 e. The van der Waals surface area contributed by atoms with Crippen LogP contribution in [-0.4, -0.2) is 69.4 Å². The van der Waals surface area contributed by atoms with Crippen LogP contribution in [-0.2, 0) is 9.84 Å². The van der Waals surface area contributed by atoms with E-state index in [4.69, 9.17) is 16.3 Å². The minimum absolute atomic E-state index is 0.181. The van der Waals surface area contributed by atoms with E-state index in [1.165, 1.54) is 11.1 Å². The van der Waals surface area contributed by atoms with Crippen molar-refractivity contribution in [3.8, 4) is 5.75 Å². The van der Waals surface area contributed by atoms with Crippen LogP contribution in [0.15, 0.2) is 41.4 Å². The van der Waals surface area contributed by atoms with Gasteiger partial charge in [-0.25, -0.2) is 13.4 Å². The number of nitrogens with zero attached hydrogens (tertiary/aromatic N) is 3. The van der Waals surface area contributed by atoms with Crippen LogP contribution in [0.5, 0.6) is 5.75 Å². The third-order valence-corrected chi connectivity index (χ3v) is 5.94. The van der Waals surface area contributed by atoms with Crippen molar-refractivity contribution in [1.29, 1.82) is 0 Å². The number of rotatable bonds is 5. The third kappa shape index (κ3) is 6.01. The van der Waals surface area contributed by atoms with E-state index >= 15 is 0 Å². The number of carbonyl (C=O) groups is 1. The molecule has 0 radical (unpaired) electrons. The molecular formula is C19H19ClF3N3O4S. The second-order valence-electron chi connectivity index (χ2n) is 6.95. The zero-order chi connectivity index (χ0) is 22.8. The average molecular weight is 478 g/mol. The van der Waals surface area contributed by atoms with Crippen molar-refractivity contribution in [1.82, 2.24) is 9.88 Å². The zero-order valence-corrected chi connectivity index (χ0v) is 18.0. The predicted molar refractivity (Wildman–Crippen MR) is 108 cm³/mol. The quantitative estimate of drug-likeness (QED) is 0.658. The minimum atomic E-state index is -4.60. The topological polar surface area (TPSA) is 79.8 Å². The van der Waals surface area contributed by atoms with Crippen molar-refractivity contribution in [3.05, 3.63) is 47.1 Å². The first-order valence-corrected chi connectivity index (χ1v) is 11.4. The van der Waals surface area contributed by atoms with Gasteiger partial charge in [0.1, 0.15) is 11.6 Å². The highest BCUT2D eigenvalue weighted by atomic mass is 35.5. The molecule has 0 aliphatic carbocycles. The smallest absolute Gasteiger partial charge is 0.422 e. The largest absolute Gasteiger partial charge is 0.483 e. The Labute approximate surface area is 182 Å². The first-order valence-electron chi connectivity index (χ1n) is 9.13. The summed E-state index contributed by atoms with van der Waals surface area (Å²) in [5.41, 5.74) is -0.231. The average Bonchev–Trinajstić information content (AvgIpc) is 2.71. The number of pyridine rings is 1. The van der Waals surface area contributed by atoms with Crippen molar-refractivity contribution in [3.63, 3.8) is 0 Å². The fraction of sp³-hybridized carbons (Fsp3) is 0.368. The number of sulfone groups is 1. The minimum Gasteiger partial charge on any atom is -0.483 e. The van der Waals surface area contributed by atoms with Gasteiger partial charge in [0.05, 0.1) is 15.5 Å². The first-order chi connectivity index (χ1) is 14.4. The Bertz CT molecular complexity index is 1050. The van der Waals surface area contributed by atoms with Gasteiger partial charge in [-0.2, -0.15) is 13.2 Å². The molecule has 0 unspecified atom stereocenters. The van der Waals surface area contributed by atoms with Gasteiger partial charge < -0.3 is 14.5 Å². The van der Waals surface area contributed by atoms with E-state index in [1.807, 2.05) is 4.90 Å². The van der Waals surface area contributed by atoms with E-state index in [2.05, 4.69) is 4.98 Å². The van der Waals surface area contributed by atoms with E-state index < -0.39 is 28.5 Å². The van der Waals surface area contributed by atoms with E-state index in [-0.39, 0.29) is 29.3 Å². The van der Waals surface area contributed by atoms with Gasteiger partial charge in [0.2, 0.25) is 0 Å². The van der Waals surface area contributed by atoms with Crippen LogP contribution in [0.3, 0.4) is 0 Å². The SMILES string of the molecule is CS(=O)(=O)c1ccc(OCC(F)(F)F)c(C(=O)N2CCN(c3ccc(Cl)cn3)CC2)c1. The first kappa shape index (κ1) is 23.1. The molecule has 7 nitrogen and oxygen atoms in total. The Kier molecular flexibility index (Phi) is 6.65. The van der Waals surface area contributed by atoms with E-state index in [9.17, 15) is 26.4 Å². The van der Waals surface area contributed by atoms with Crippen LogP contribution in [0.1, 0.15) is 10.4 Å². The van der Waals surface area contributed by atoms with E-state index in [0.29, 0.717) is 23.9 Å². The number of benzene rings is 1. The van der Waals surface area contributed by atoms with Gasteiger partial charge in [0, 0.05) is 38.6 Å². The molecule has 1 amide bonds. The summed E-state index contributed by atoms with van der Waals surface area (Å²) in [6.45, 7) is -0.187. The number of hydrogen-bond donors (Lipinski definition) is 0. The molecule has 12 heteroatoms. The molecule has 0 saturated carbocycles. The van der Waals surface area contributed by atoms with Crippen molar-refractivity contribution < 1.29 is 31.1 Å². The fourth-order valence-electron chi connectivity index (χ4n) is 3.06. The normalized spacial score (nSPS) is 15.1. The Hall–Kier alpha value is -2.53. The molecule has 1 aliphatic heterocycles. The lowest BCUT2D eigenvalue weighted by molar-refractivity contribution is -0.153. The molecule has 0 N–H and O–H groups in total. The Morgan fingerprint density at radius 3 is 2.39 bits per heavy atom. The van der Waals surface area contributed by atoms with Crippen molar-refractivity contribution >= 4 is 33.2 Å². The van der Waals surface area contributed by atoms with Crippen LogP contribution in [0, 0.1) is 0 Å². The number of halogens is 4. The second kappa shape index (κ2) is 8.91. The Morgan fingerprint density at radius 2 is 1.84 bits per heavy atom. The summed E-state index contributed by atoms with van der Waals surface area (Å²) in [5, 5.41) is 0.495. The Balaban J connectivity index is 1.80. The molecule has 1 aromatic heterocycles. The van der Waals surface area contributed by atoms with Crippen LogP contribution in [0.2, 0.25) is 5.02 Å². The van der Waals surface area contributed by atoms with Gasteiger partial charge in [0.15, 0.2) is 16.4 Å². The summed E-state index contributed by atoms with van der Waals surface area (Å²) < 4.78 is 66.3. The number of hydrogen-bond acceptors (Lipinski definition) is 6. The van der Waals surface area contributed by atoms with E-state index in [1.54, 1.807) is 12.1 Å². The molecule has 1 saturated heterocycles. The molecule has 0 bridgehead atoms. The monoisotopic (exact) mass is 477 g/mol. The van der Waals surface area contributed by atoms with Crippen LogP contribution in [0.4, 0.5) is 19.0 Å². The zero-order valence-electron chi connectivity index (χ0n) is 16.4. The summed E-state index contributed by atoms with van der Waals surface area (Å²) in [6, 6.07) is 6.68. The number of aromatic nitrogens is 1. The van der Waals surface area contributed by atoms with Gasteiger partial charge in [-0.05, 0) is 30.3 Å². The molecule has 0 atom stereocenters. The van der Waals surface area contributed by atoms with Crippen molar-refractivity contribution in [2.45, 2.75) is 11.1 Å². The number of anilines is 1. The highest BCUT2D eigenvalue weighted by Gasteiger charge is 2.31. The lowest BCUT2D eigenvalue weighted by Gasteiger charge is -2.35. The molecule has 168 valence electrons. The second-order valence-corrected chi connectivity index (χ2v) is 9.40. The summed E-state index contributed by atoms with van der Waals surface area (Å²) in [7, 11) is -3.67. The molecule has 1 aliphatic rings. The molecular weight excluding hydrogens is 459 g/mol. The van der Waals surface area contributed by atoms with Gasteiger partial charge in [-0.15, -0.1) is 0 Å². The number of ether oxygens (including phenoxy) is 1. The number of amides is 1. The maximum atomic E-state index is 13.0. The Morgan fingerprint density at radius 1 is 1.16 bits per heavy atom. The van der Waals surface area contributed by atoms with Crippen molar-refractivity contribution in [2.75, 3.05) is 43.9 Å². The highest BCUT2D eigenvalue weighted by Crippen LogP contribution is 2.27. The van der Waals surface area contributed by atoms with Gasteiger partial charge in [-0.3, -0.25) is 4.79 Å². The van der Waals surface area contributed by atoms with Crippen LogP contribution in [0.25, 0.3) is 0 Å².